The third-order valence-electron chi connectivity index (χ3n) is 4.61. The Bertz CT molecular complexity index is 435. The van der Waals surface area contributed by atoms with Gasteiger partial charge in [0.25, 0.3) is 0 Å². The molecule has 0 radical (unpaired) electrons. The molecule has 1 aliphatic carbocycles. The average molecular weight is 261 g/mol. The number of rotatable bonds is 2. The Balaban J connectivity index is 2.48. The van der Waals surface area contributed by atoms with E-state index in [1.165, 1.54) is 24.8 Å². The van der Waals surface area contributed by atoms with Gasteiger partial charge >= 0.3 is 0 Å². The highest BCUT2D eigenvalue weighted by molar-refractivity contribution is 5.40. The minimum absolute atomic E-state index is 0.218. The van der Waals surface area contributed by atoms with Gasteiger partial charge in [-0.25, -0.2) is 0 Å². The van der Waals surface area contributed by atoms with E-state index in [1.807, 2.05) is 12.1 Å². The summed E-state index contributed by atoms with van der Waals surface area (Å²) in [6.07, 6.45) is 4.75. The Kier molecular flexibility index (Phi) is 3.91. The molecule has 0 amide bonds. The van der Waals surface area contributed by atoms with Crippen molar-refractivity contribution in [1.82, 2.24) is 0 Å². The summed E-state index contributed by atoms with van der Waals surface area (Å²) >= 11 is 0. The Hall–Kier alpha value is -1.02. The summed E-state index contributed by atoms with van der Waals surface area (Å²) in [4.78, 5) is 0. The van der Waals surface area contributed by atoms with Crippen LogP contribution >= 0.6 is 0 Å². The van der Waals surface area contributed by atoms with E-state index in [0.29, 0.717) is 5.92 Å². The summed E-state index contributed by atoms with van der Waals surface area (Å²) < 4.78 is 5.54. The number of para-hydroxylation sites is 1. The van der Waals surface area contributed by atoms with E-state index >= 15 is 0 Å². The quantitative estimate of drug-likeness (QED) is 0.870. The highest BCUT2D eigenvalue weighted by Crippen LogP contribution is 2.50. The SMILES string of the molecule is COc1ccccc1C1(N)CCCCC1C(C)(C)C. The molecule has 2 heteroatoms. The van der Waals surface area contributed by atoms with E-state index in [-0.39, 0.29) is 11.0 Å². The van der Waals surface area contributed by atoms with Crippen molar-refractivity contribution in [2.24, 2.45) is 17.1 Å². The van der Waals surface area contributed by atoms with Gasteiger partial charge in [0.05, 0.1) is 7.11 Å². The monoisotopic (exact) mass is 261 g/mol. The zero-order chi connectivity index (χ0) is 14.1. The second-order valence-corrected chi connectivity index (χ2v) is 6.91. The van der Waals surface area contributed by atoms with Gasteiger partial charge in [-0.1, -0.05) is 51.8 Å². The van der Waals surface area contributed by atoms with Crippen molar-refractivity contribution in [2.45, 2.75) is 52.0 Å². The minimum atomic E-state index is -0.261. The fourth-order valence-electron chi connectivity index (χ4n) is 3.76. The lowest BCUT2D eigenvalue weighted by atomic mass is 9.60. The molecule has 1 fully saturated rings. The Morgan fingerprint density at radius 3 is 2.53 bits per heavy atom. The number of benzene rings is 1. The summed E-state index contributed by atoms with van der Waals surface area (Å²) in [6, 6.07) is 8.25. The second kappa shape index (κ2) is 5.16. The van der Waals surface area contributed by atoms with Crippen LogP contribution in [-0.2, 0) is 5.54 Å². The van der Waals surface area contributed by atoms with E-state index in [2.05, 4.69) is 32.9 Å². The van der Waals surface area contributed by atoms with Crippen molar-refractivity contribution >= 4 is 0 Å². The van der Waals surface area contributed by atoms with Crippen molar-refractivity contribution in [2.75, 3.05) is 7.11 Å². The standard InChI is InChI=1S/C17H27NO/c1-16(2,3)15-11-7-8-12-17(15,18)13-9-5-6-10-14(13)19-4/h5-6,9-10,15H,7-8,11-12,18H2,1-4H3. The van der Waals surface area contributed by atoms with E-state index in [4.69, 9.17) is 10.5 Å². The van der Waals surface area contributed by atoms with Gasteiger partial charge in [-0.3, -0.25) is 0 Å². The summed E-state index contributed by atoms with van der Waals surface area (Å²) in [5, 5.41) is 0. The smallest absolute Gasteiger partial charge is 0.123 e. The van der Waals surface area contributed by atoms with E-state index < -0.39 is 0 Å². The molecule has 2 rings (SSSR count). The van der Waals surface area contributed by atoms with Gasteiger partial charge in [0.2, 0.25) is 0 Å². The average Bonchev–Trinajstić information content (AvgIpc) is 2.38. The van der Waals surface area contributed by atoms with Crippen molar-refractivity contribution in [3.8, 4) is 5.75 Å². The van der Waals surface area contributed by atoms with Gasteiger partial charge < -0.3 is 10.5 Å². The first kappa shape index (κ1) is 14.4. The van der Waals surface area contributed by atoms with Gasteiger partial charge in [-0.2, -0.15) is 0 Å². The van der Waals surface area contributed by atoms with E-state index in [1.54, 1.807) is 7.11 Å². The first-order chi connectivity index (χ1) is 8.89. The zero-order valence-corrected chi connectivity index (χ0v) is 12.7. The number of nitrogens with two attached hydrogens (primary N) is 1. The number of methoxy groups -OCH3 is 1. The predicted octanol–water partition coefficient (Wildman–Crippen LogP) is 4.09. The molecule has 2 unspecified atom stereocenters. The normalized spacial score (nSPS) is 28.2. The zero-order valence-electron chi connectivity index (χ0n) is 12.7. The van der Waals surface area contributed by atoms with Gasteiger partial charge in [0.1, 0.15) is 5.75 Å². The summed E-state index contributed by atoms with van der Waals surface area (Å²) in [5.74, 6) is 1.42. The van der Waals surface area contributed by atoms with E-state index in [9.17, 15) is 0 Å². The molecule has 0 bridgehead atoms. The fourth-order valence-corrected chi connectivity index (χ4v) is 3.76. The maximum atomic E-state index is 6.91. The third kappa shape index (κ3) is 2.64. The molecule has 0 aromatic heterocycles. The number of hydrogen-bond donors (Lipinski definition) is 1. The minimum Gasteiger partial charge on any atom is -0.496 e. The molecule has 2 N–H and O–H groups in total. The molecule has 0 heterocycles. The van der Waals surface area contributed by atoms with Crippen LogP contribution in [0.5, 0.6) is 5.75 Å². The van der Waals surface area contributed by atoms with Crippen LogP contribution in [0.2, 0.25) is 0 Å². The van der Waals surface area contributed by atoms with Crippen LogP contribution in [0, 0.1) is 11.3 Å². The van der Waals surface area contributed by atoms with Crippen molar-refractivity contribution in [1.29, 1.82) is 0 Å². The molecule has 1 aromatic carbocycles. The fraction of sp³-hybridized carbons (Fsp3) is 0.647. The van der Waals surface area contributed by atoms with Crippen LogP contribution in [-0.4, -0.2) is 7.11 Å². The molecule has 2 nitrogen and oxygen atoms in total. The molecule has 19 heavy (non-hydrogen) atoms. The van der Waals surface area contributed by atoms with Gasteiger partial charge in [0, 0.05) is 11.1 Å². The van der Waals surface area contributed by atoms with Crippen molar-refractivity contribution < 1.29 is 4.74 Å². The van der Waals surface area contributed by atoms with Crippen LogP contribution in [0.4, 0.5) is 0 Å². The number of hydrogen-bond acceptors (Lipinski definition) is 2. The second-order valence-electron chi connectivity index (χ2n) is 6.91. The van der Waals surface area contributed by atoms with E-state index in [0.717, 1.165) is 12.2 Å². The molecular formula is C17H27NO. The molecule has 1 saturated carbocycles. The van der Waals surface area contributed by atoms with Crippen LogP contribution in [0.15, 0.2) is 24.3 Å². The lowest BCUT2D eigenvalue weighted by molar-refractivity contribution is 0.0759. The Labute approximate surface area is 117 Å². The summed E-state index contributed by atoms with van der Waals surface area (Å²) in [5.41, 5.74) is 8.04. The van der Waals surface area contributed by atoms with Gasteiger partial charge in [-0.15, -0.1) is 0 Å². The third-order valence-corrected chi connectivity index (χ3v) is 4.61. The molecule has 106 valence electrons. The molecule has 1 aliphatic rings. The highest BCUT2D eigenvalue weighted by atomic mass is 16.5. The van der Waals surface area contributed by atoms with Crippen molar-refractivity contribution in [3.63, 3.8) is 0 Å². The first-order valence-corrected chi connectivity index (χ1v) is 7.32. The maximum Gasteiger partial charge on any atom is 0.123 e. The highest BCUT2D eigenvalue weighted by Gasteiger charge is 2.45. The molecule has 1 aromatic rings. The summed E-state index contributed by atoms with van der Waals surface area (Å²) in [7, 11) is 1.73. The van der Waals surface area contributed by atoms with Crippen LogP contribution in [0.3, 0.4) is 0 Å². The van der Waals surface area contributed by atoms with Crippen LogP contribution < -0.4 is 10.5 Å². The molecule has 2 atom stereocenters. The Morgan fingerprint density at radius 2 is 1.89 bits per heavy atom. The largest absolute Gasteiger partial charge is 0.496 e. The molecule has 0 saturated heterocycles. The van der Waals surface area contributed by atoms with Gasteiger partial charge in [0.15, 0.2) is 0 Å². The molecule has 0 spiro atoms. The molecular weight excluding hydrogens is 234 g/mol. The lowest BCUT2D eigenvalue weighted by Gasteiger charge is -2.48. The lowest BCUT2D eigenvalue weighted by Crippen LogP contribution is -2.51. The topological polar surface area (TPSA) is 35.2 Å². The summed E-state index contributed by atoms with van der Waals surface area (Å²) in [6.45, 7) is 6.92. The van der Waals surface area contributed by atoms with Crippen LogP contribution in [0.25, 0.3) is 0 Å². The number of ether oxygens (including phenoxy) is 1. The van der Waals surface area contributed by atoms with Crippen LogP contribution in [0.1, 0.15) is 52.0 Å². The van der Waals surface area contributed by atoms with Gasteiger partial charge in [-0.05, 0) is 30.2 Å². The molecule has 0 aliphatic heterocycles. The first-order valence-electron chi connectivity index (χ1n) is 7.32. The van der Waals surface area contributed by atoms with Crippen molar-refractivity contribution in [3.05, 3.63) is 29.8 Å². The maximum absolute atomic E-state index is 6.91. The predicted molar refractivity (Wildman–Crippen MR) is 80.3 cm³/mol. The Morgan fingerprint density at radius 1 is 1.21 bits per heavy atom.